The topological polar surface area (TPSA) is 405 Å². The Labute approximate surface area is 518 Å². The molecule has 0 spiro atoms. The van der Waals surface area contributed by atoms with Crippen molar-refractivity contribution in [3.05, 3.63) is 135 Å². The number of hydrogen-bond donors (Lipinski definition) is 4. The molecule has 0 amide bonds. The van der Waals surface area contributed by atoms with Crippen LogP contribution in [0.2, 0.25) is 0 Å². The molecule has 0 fully saturated rings. The van der Waals surface area contributed by atoms with E-state index in [-0.39, 0.29) is 71.1 Å². The number of hydrogen-bond acceptors (Lipinski definition) is 24. The van der Waals surface area contributed by atoms with Crippen molar-refractivity contribution >= 4 is 37.2 Å². The minimum absolute atomic E-state index is 0.0555. The molecule has 9 aromatic rings. The van der Waals surface area contributed by atoms with Crippen molar-refractivity contribution in [1.29, 1.82) is 20.6 Å². The third-order valence-corrected chi connectivity index (χ3v) is 18.8. The van der Waals surface area contributed by atoms with Crippen LogP contribution in [0.4, 0.5) is 17.5 Å². The number of anilines is 3. The first-order valence-electron chi connectivity index (χ1n) is 27.9. The summed E-state index contributed by atoms with van der Waals surface area (Å²) in [6.07, 6.45) is -1.26. The van der Waals surface area contributed by atoms with E-state index in [1.54, 1.807) is 70.5 Å². The fourth-order valence-electron chi connectivity index (χ4n) is 10.5. The summed E-state index contributed by atoms with van der Waals surface area (Å²) < 4.78 is 84.4. The number of ether oxygens (including phenoxy) is 5. The van der Waals surface area contributed by atoms with Crippen LogP contribution in [0.1, 0.15) is 101 Å². The van der Waals surface area contributed by atoms with Crippen molar-refractivity contribution in [3.63, 3.8) is 0 Å². The lowest BCUT2D eigenvalue weighted by Crippen LogP contribution is -2.28. The highest BCUT2D eigenvalue weighted by Crippen LogP contribution is 2.41. The van der Waals surface area contributed by atoms with Gasteiger partial charge in [0.05, 0.1) is 48.6 Å². The molecule has 3 aliphatic rings. The quantitative estimate of drug-likeness (QED) is 0.116. The minimum atomic E-state index is -3.89. The maximum absolute atomic E-state index is 13.5. The summed E-state index contributed by atoms with van der Waals surface area (Å²) in [5.41, 5.74) is 27.2. The van der Waals surface area contributed by atoms with Gasteiger partial charge in [-0.1, -0.05) is 47.0 Å². The van der Waals surface area contributed by atoms with Crippen LogP contribution >= 0.6 is 0 Å². The molecule has 0 aliphatic carbocycles. The van der Waals surface area contributed by atoms with Gasteiger partial charge in [0.2, 0.25) is 15.9 Å². The molecule has 3 aliphatic heterocycles. The molecule has 1 unspecified atom stereocenters. The van der Waals surface area contributed by atoms with Crippen LogP contribution in [0.15, 0.2) is 82.6 Å². The Morgan fingerprint density at radius 2 is 0.933 bits per heavy atom. The van der Waals surface area contributed by atoms with Crippen LogP contribution in [-0.4, -0.2) is 103 Å². The number of aryl methyl sites for hydroxylation is 7. The summed E-state index contributed by atoms with van der Waals surface area (Å²) in [6.45, 7) is 11.8. The molecule has 3 aromatic carbocycles. The van der Waals surface area contributed by atoms with E-state index in [0.29, 0.717) is 96.4 Å². The van der Waals surface area contributed by atoms with Gasteiger partial charge in [0, 0.05) is 75.3 Å². The van der Waals surface area contributed by atoms with Crippen LogP contribution < -0.4 is 40.9 Å². The van der Waals surface area contributed by atoms with Crippen molar-refractivity contribution in [1.82, 2.24) is 64.2 Å². The third-order valence-electron chi connectivity index (χ3n) is 15.0. The monoisotopic (exact) mass is 1250 g/mol. The average Bonchev–Trinajstić information content (AvgIpc) is 1.45. The molecule has 7 N–H and O–H groups in total. The second-order valence-electron chi connectivity index (χ2n) is 21.5. The smallest absolute Gasteiger partial charge is 0.243 e. The molecule has 462 valence electrons. The van der Waals surface area contributed by atoms with Crippen LogP contribution in [0.3, 0.4) is 0 Å². The Hall–Kier alpha value is -10.7. The fourth-order valence-corrected chi connectivity index (χ4v) is 13.5. The fraction of sp³-hybridized carbons (Fsp3) is 0.300. The van der Waals surface area contributed by atoms with Gasteiger partial charge in [-0.2, -0.15) is 30.3 Å². The van der Waals surface area contributed by atoms with Crippen molar-refractivity contribution in [2.75, 3.05) is 43.2 Å². The summed E-state index contributed by atoms with van der Waals surface area (Å²) >= 11 is 0. The van der Waals surface area contributed by atoms with E-state index < -0.39 is 32.0 Å². The van der Waals surface area contributed by atoms with Crippen molar-refractivity contribution in [2.24, 2.45) is 21.1 Å². The highest BCUT2D eigenvalue weighted by atomic mass is 32.2. The number of rotatable bonds is 0. The lowest BCUT2D eigenvalue weighted by molar-refractivity contribution is 0.195. The standard InChI is InChI=1S/C20H21N7O3S.C20H21N7O2S.C20H20N6O3/c1-11-5-6-18-13(7-11)12(2)30-17-8-14(23-24-20(17)22)19-15(10-26(3)31(18,28)29)25-27(4)16(19)9-21;1-11-4-5-18-13(8-11)12(2)29-17-9-15(24-25-20(17)22)19-14(6-7-30(18,23)28)26-27(3)16(19)10-21;1-11-4-5-16-13(8-11)12(2)29-17-9-14(23-24-19(17)22)18-15(10-21)26(3)25-20(18)28-7-6-27-16/h5-8,12H,10H2,1-4H3,(H2,22,24);4-5,8-9,12,23H,6-7H2,1-3H3,(H2,22,25);4-5,8-9,12H,6-7H2,1-3H3,(H2,22,24)/t12-;12-,30?;12-/m111/s1. The van der Waals surface area contributed by atoms with Crippen molar-refractivity contribution in [2.45, 2.75) is 82.6 Å². The minimum Gasteiger partial charge on any atom is -0.490 e. The van der Waals surface area contributed by atoms with Gasteiger partial charge >= 0.3 is 0 Å². The summed E-state index contributed by atoms with van der Waals surface area (Å²) in [6, 6.07) is 27.7. The summed E-state index contributed by atoms with van der Waals surface area (Å²) in [5, 5.41) is 66.4. The van der Waals surface area contributed by atoms with Gasteiger partial charge in [-0.15, -0.1) is 35.7 Å². The van der Waals surface area contributed by atoms with E-state index in [9.17, 15) is 28.4 Å². The van der Waals surface area contributed by atoms with Gasteiger partial charge in [-0.05, 0) is 65.8 Å². The number of sulfonamides is 1. The number of fused-ring (bicyclic) bond motifs is 15. The van der Waals surface area contributed by atoms with Crippen LogP contribution in [0, 0.1) is 59.5 Å². The highest BCUT2D eigenvalue weighted by Gasteiger charge is 2.33. The van der Waals surface area contributed by atoms with E-state index in [4.69, 9.17) is 45.7 Å². The average molecular weight is 1260 g/mol. The van der Waals surface area contributed by atoms with Crippen molar-refractivity contribution < 1.29 is 36.3 Å². The molecule has 0 radical (unpaired) electrons. The largest absolute Gasteiger partial charge is 0.490 e. The molecule has 30 heteroatoms. The zero-order valence-corrected chi connectivity index (χ0v) is 52.3. The third kappa shape index (κ3) is 12.2. The van der Waals surface area contributed by atoms with E-state index in [1.165, 1.54) is 25.4 Å². The van der Waals surface area contributed by atoms with Gasteiger partial charge < -0.3 is 40.9 Å². The van der Waals surface area contributed by atoms with Gasteiger partial charge in [0.15, 0.2) is 40.4 Å². The maximum atomic E-state index is 13.5. The van der Waals surface area contributed by atoms with Crippen molar-refractivity contribution in [3.8, 4) is 80.9 Å². The number of aromatic nitrogens is 12. The van der Waals surface area contributed by atoms with E-state index in [0.717, 1.165) is 22.3 Å². The second-order valence-corrected chi connectivity index (χ2v) is 25.7. The summed E-state index contributed by atoms with van der Waals surface area (Å²) in [4.78, 5) is 0.562. The molecule has 9 heterocycles. The van der Waals surface area contributed by atoms with Crippen LogP contribution in [0.5, 0.6) is 28.9 Å². The Kier molecular flexibility index (Phi) is 17.2. The number of nitrogens with two attached hydrogens (primary N) is 3. The molecule has 12 rings (SSSR count). The molecular weight excluding hydrogens is 1190 g/mol. The number of benzene rings is 3. The molecule has 4 atom stereocenters. The molecule has 0 saturated heterocycles. The molecule has 90 heavy (non-hydrogen) atoms. The molecule has 0 saturated carbocycles. The lowest BCUT2D eigenvalue weighted by atomic mass is 10.1. The van der Waals surface area contributed by atoms with Crippen LogP contribution in [0.25, 0.3) is 33.8 Å². The predicted molar refractivity (Wildman–Crippen MR) is 328 cm³/mol. The Morgan fingerprint density at radius 1 is 0.522 bits per heavy atom. The van der Waals surface area contributed by atoms with Gasteiger partial charge in [-0.25, -0.2) is 17.4 Å². The Balaban J connectivity index is 0.000000149. The molecule has 28 nitrogen and oxygen atoms in total. The number of nitrogen functional groups attached to an aromatic ring is 3. The van der Waals surface area contributed by atoms with E-state index >= 15 is 0 Å². The van der Waals surface area contributed by atoms with E-state index in [2.05, 4.69) is 64.1 Å². The van der Waals surface area contributed by atoms with Crippen LogP contribution in [-0.2, 0) is 53.9 Å². The van der Waals surface area contributed by atoms with Gasteiger partial charge in [0.25, 0.3) is 0 Å². The zero-order chi connectivity index (χ0) is 64.7. The second kappa shape index (κ2) is 24.8. The van der Waals surface area contributed by atoms with Gasteiger partial charge in [-0.3, -0.25) is 14.0 Å². The number of nitrogens with one attached hydrogen (secondary N) is 1. The normalized spacial score (nSPS) is 18.1. The summed E-state index contributed by atoms with van der Waals surface area (Å²) in [7, 11) is -0.625. The maximum Gasteiger partial charge on any atom is 0.243 e. The molecular formula is C60H62N20O8S2. The summed E-state index contributed by atoms with van der Waals surface area (Å²) in [5.74, 6) is 2.24. The Morgan fingerprint density at radius 3 is 1.46 bits per heavy atom. The van der Waals surface area contributed by atoms with Gasteiger partial charge in [0.1, 0.15) is 89.5 Å². The molecule has 6 aromatic heterocycles. The lowest BCUT2D eigenvalue weighted by Gasteiger charge is -2.24. The SMILES string of the molecule is Cc1ccc2c(c1)[C@@H](C)Oc1cc(nnc1N)-c1c(nn(C)c1C#N)CCS2(=N)=O.Cc1ccc2c(c1)[C@@H](C)Oc1cc(nnc1N)-c1c(nn(C)c1C#N)CN(C)S2(=O)=O.Cc1ccc2c(c1)[C@@H](C)Oc1cc(nnc1N)-c1c(nn(C)c1C#N)OCCO2. The first-order valence-corrected chi connectivity index (χ1v) is 31.1. The highest BCUT2D eigenvalue weighted by molar-refractivity contribution is 7.92. The molecule has 6 bridgehead atoms. The first-order chi connectivity index (χ1) is 42.8. The van der Waals surface area contributed by atoms with E-state index in [1.807, 2.05) is 65.0 Å². The number of nitrogens with zero attached hydrogens (tertiary/aromatic N) is 16. The predicted octanol–water partition coefficient (Wildman–Crippen LogP) is 7.21. The zero-order valence-electron chi connectivity index (χ0n) is 50.7. The Bertz CT molecular complexity index is 4700. The number of nitriles is 3. The first kappa shape index (κ1) is 62.3.